The second-order valence-corrected chi connectivity index (χ2v) is 14.2. The van der Waals surface area contributed by atoms with Crippen LogP contribution < -0.4 is 10.2 Å². The second-order valence-electron chi connectivity index (χ2n) is 11.9. The summed E-state index contributed by atoms with van der Waals surface area (Å²) in [6.45, 7) is 3.08. The molecule has 1 unspecified atom stereocenters. The zero-order valence-corrected chi connectivity index (χ0v) is 26.0. The van der Waals surface area contributed by atoms with Crippen molar-refractivity contribution in [3.8, 4) is 0 Å². The highest BCUT2D eigenvalue weighted by Gasteiger charge is 2.33. The van der Waals surface area contributed by atoms with Gasteiger partial charge in [0.25, 0.3) is 5.91 Å². The molecule has 0 spiro atoms. The minimum absolute atomic E-state index is 0.0239. The minimum Gasteiger partial charge on any atom is -0.394 e. The van der Waals surface area contributed by atoms with Gasteiger partial charge in [-0.3, -0.25) is 4.79 Å². The third-order valence-corrected chi connectivity index (χ3v) is 10.5. The van der Waals surface area contributed by atoms with E-state index in [0.717, 1.165) is 42.8 Å². The van der Waals surface area contributed by atoms with Crippen LogP contribution in [0.1, 0.15) is 71.6 Å². The fourth-order valence-electron chi connectivity index (χ4n) is 5.74. The number of aliphatic hydroxyl groups excluding tert-OH is 1. The number of amides is 1. The van der Waals surface area contributed by atoms with Gasteiger partial charge < -0.3 is 20.1 Å². The average molecular weight is 645 g/mol. The van der Waals surface area contributed by atoms with Crippen LogP contribution in [0, 0.1) is 5.92 Å². The van der Waals surface area contributed by atoms with Crippen LogP contribution in [0.25, 0.3) is 0 Å². The summed E-state index contributed by atoms with van der Waals surface area (Å²) in [4.78, 5) is 15.5. The number of nitrogens with zero attached hydrogens (tertiary/aromatic N) is 1. The molecule has 1 amide bonds. The highest BCUT2D eigenvalue weighted by Crippen LogP contribution is 2.36. The molecule has 11 heteroatoms. The number of aliphatic hydroxyl groups is 1. The van der Waals surface area contributed by atoms with Gasteiger partial charge in [0, 0.05) is 30.3 Å². The van der Waals surface area contributed by atoms with E-state index in [2.05, 4.69) is 10.2 Å². The van der Waals surface area contributed by atoms with Gasteiger partial charge in [-0.2, -0.15) is 13.2 Å². The maximum Gasteiger partial charge on any atom is 0.416 e. The van der Waals surface area contributed by atoms with Crippen molar-refractivity contribution >= 4 is 21.4 Å². The van der Waals surface area contributed by atoms with E-state index in [9.17, 15) is 31.5 Å². The number of halogens is 3. The van der Waals surface area contributed by atoms with Crippen LogP contribution >= 0.6 is 0 Å². The summed E-state index contributed by atoms with van der Waals surface area (Å²) in [5.74, 6) is 0.254. The van der Waals surface area contributed by atoms with Gasteiger partial charge in [-0.05, 0) is 91.3 Å². The fourth-order valence-corrected chi connectivity index (χ4v) is 6.63. The standard InChI is InChI=1S/C34H39F3N2O5S/c1-2-45(42,43)31-17-10-25(11-18-31)32(20-40)38-33(41)26-7-14-29(15-8-26)39-19-27(9-16-30(39)22-44-21-23-3-4-23)24-5-12-28(13-6-24)34(35,36)37/h5-8,10-15,17-18,23,27,30,32,40H,2-4,9,16,19-22H2,1H3,(H,38,41)/t27?,30-,32-/m0/s1. The van der Waals surface area contributed by atoms with Gasteiger partial charge in [0.15, 0.2) is 9.84 Å². The van der Waals surface area contributed by atoms with Crippen LogP contribution in [0.3, 0.4) is 0 Å². The van der Waals surface area contributed by atoms with E-state index in [0.29, 0.717) is 30.2 Å². The van der Waals surface area contributed by atoms with Crippen molar-refractivity contribution in [1.29, 1.82) is 0 Å². The molecule has 2 N–H and O–H groups in total. The number of hydrogen-bond donors (Lipinski definition) is 2. The Morgan fingerprint density at radius 3 is 2.20 bits per heavy atom. The highest BCUT2D eigenvalue weighted by molar-refractivity contribution is 7.91. The number of piperidine rings is 1. The Balaban J connectivity index is 1.28. The third kappa shape index (κ3) is 8.25. The highest BCUT2D eigenvalue weighted by atomic mass is 32.2. The first-order valence-electron chi connectivity index (χ1n) is 15.3. The number of nitrogens with one attached hydrogen (secondary N) is 1. The van der Waals surface area contributed by atoms with Gasteiger partial charge in [0.1, 0.15) is 0 Å². The smallest absolute Gasteiger partial charge is 0.394 e. The predicted octanol–water partition coefficient (Wildman–Crippen LogP) is 6.14. The number of carbonyl (C=O) groups excluding carboxylic acids is 1. The van der Waals surface area contributed by atoms with Gasteiger partial charge >= 0.3 is 6.18 Å². The molecule has 3 aromatic rings. The van der Waals surface area contributed by atoms with E-state index in [1.54, 1.807) is 43.3 Å². The molecule has 242 valence electrons. The summed E-state index contributed by atoms with van der Waals surface area (Å²) in [5, 5.41) is 12.8. The SMILES string of the molecule is CCS(=O)(=O)c1ccc([C@H](CO)NC(=O)c2ccc(N3CC(c4ccc(C(F)(F)F)cc4)CC[C@H]3COCC3CC3)cc2)cc1. The molecule has 3 atom stereocenters. The van der Waals surface area contributed by atoms with Crippen molar-refractivity contribution in [2.75, 3.05) is 37.0 Å². The zero-order chi connectivity index (χ0) is 32.2. The van der Waals surface area contributed by atoms with Crippen molar-refractivity contribution in [3.05, 3.63) is 95.1 Å². The number of carbonyl (C=O) groups is 1. The van der Waals surface area contributed by atoms with Gasteiger partial charge in [0.2, 0.25) is 0 Å². The minimum atomic E-state index is -4.38. The fraction of sp³-hybridized carbons (Fsp3) is 0.441. The zero-order valence-electron chi connectivity index (χ0n) is 25.2. The van der Waals surface area contributed by atoms with Crippen molar-refractivity contribution in [2.24, 2.45) is 5.92 Å². The Morgan fingerprint density at radius 1 is 0.956 bits per heavy atom. The molecular formula is C34H39F3N2O5S. The third-order valence-electron chi connectivity index (χ3n) is 8.75. The molecule has 45 heavy (non-hydrogen) atoms. The van der Waals surface area contributed by atoms with E-state index in [4.69, 9.17) is 4.74 Å². The summed E-state index contributed by atoms with van der Waals surface area (Å²) in [7, 11) is -3.37. The molecule has 2 fully saturated rings. The number of ether oxygens (including phenoxy) is 1. The van der Waals surface area contributed by atoms with Crippen LogP contribution in [-0.4, -0.2) is 57.6 Å². The Kier molecular flexibility index (Phi) is 10.2. The van der Waals surface area contributed by atoms with Crippen molar-refractivity contribution in [2.45, 2.75) is 61.7 Å². The lowest BCUT2D eigenvalue weighted by Crippen LogP contribution is -2.45. The lowest BCUT2D eigenvalue weighted by atomic mass is 9.86. The number of anilines is 1. The second kappa shape index (κ2) is 13.9. The number of alkyl halides is 3. The summed E-state index contributed by atoms with van der Waals surface area (Å²) in [5.41, 5.74) is 2.05. The predicted molar refractivity (Wildman–Crippen MR) is 166 cm³/mol. The molecular weight excluding hydrogens is 605 g/mol. The molecule has 0 radical (unpaired) electrons. The Morgan fingerprint density at radius 2 is 1.62 bits per heavy atom. The molecule has 1 saturated heterocycles. The molecule has 2 aliphatic rings. The number of hydrogen-bond acceptors (Lipinski definition) is 6. The van der Waals surface area contributed by atoms with Gasteiger partial charge in [0.05, 0.1) is 41.5 Å². The van der Waals surface area contributed by atoms with E-state index in [1.165, 1.54) is 25.0 Å². The van der Waals surface area contributed by atoms with Crippen molar-refractivity contribution < 1.29 is 36.2 Å². The van der Waals surface area contributed by atoms with Crippen LogP contribution in [0.4, 0.5) is 18.9 Å². The maximum absolute atomic E-state index is 13.1. The molecule has 0 aromatic heterocycles. The van der Waals surface area contributed by atoms with Crippen LogP contribution in [0.5, 0.6) is 0 Å². The summed E-state index contributed by atoms with van der Waals surface area (Å²) < 4.78 is 69.7. The average Bonchev–Trinajstić information content (AvgIpc) is 3.88. The van der Waals surface area contributed by atoms with E-state index >= 15 is 0 Å². The number of benzene rings is 3. The van der Waals surface area contributed by atoms with Crippen molar-refractivity contribution in [1.82, 2.24) is 5.32 Å². The van der Waals surface area contributed by atoms with E-state index in [1.807, 2.05) is 12.1 Å². The summed E-state index contributed by atoms with van der Waals surface area (Å²) in [6.07, 6.45) is -0.355. The molecule has 0 bridgehead atoms. The number of rotatable bonds is 12. The first-order chi connectivity index (χ1) is 21.5. The lowest BCUT2D eigenvalue weighted by Gasteiger charge is -2.41. The largest absolute Gasteiger partial charge is 0.416 e. The molecule has 3 aromatic carbocycles. The first-order valence-corrected chi connectivity index (χ1v) is 17.0. The first kappa shape index (κ1) is 33.0. The van der Waals surface area contributed by atoms with Gasteiger partial charge in [-0.25, -0.2) is 8.42 Å². The quantitative estimate of drug-likeness (QED) is 0.246. The van der Waals surface area contributed by atoms with Crippen LogP contribution in [0.15, 0.2) is 77.7 Å². The normalized spacial score (nSPS) is 19.7. The van der Waals surface area contributed by atoms with Crippen LogP contribution in [-0.2, 0) is 20.8 Å². The van der Waals surface area contributed by atoms with E-state index in [-0.39, 0.29) is 29.2 Å². The monoisotopic (exact) mass is 644 g/mol. The Labute approximate surface area is 262 Å². The lowest BCUT2D eigenvalue weighted by molar-refractivity contribution is -0.137. The molecule has 1 saturated carbocycles. The molecule has 1 heterocycles. The van der Waals surface area contributed by atoms with Crippen LogP contribution in [0.2, 0.25) is 0 Å². The van der Waals surface area contributed by atoms with Crippen molar-refractivity contribution in [3.63, 3.8) is 0 Å². The Bertz CT molecular complexity index is 1540. The number of sulfone groups is 1. The molecule has 7 nitrogen and oxygen atoms in total. The molecule has 1 aliphatic carbocycles. The summed E-state index contributed by atoms with van der Waals surface area (Å²) >= 11 is 0. The molecule has 5 rings (SSSR count). The van der Waals surface area contributed by atoms with Gasteiger partial charge in [-0.1, -0.05) is 31.2 Å². The van der Waals surface area contributed by atoms with Gasteiger partial charge in [-0.15, -0.1) is 0 Å². The maximum atomic E-state index is 13.1. The topological polar surface area (TPSA) is 95.9 Å². The van der Waals surface area contributed by atoms with E-state index < -0.39 is 33.5 Å². The summed E-state index contributed by atoms with van der Waals surface area (Å²) in [6, 6.07) is 18.0. The Hall–Kier alpha value is -3.41. The molecule has 1 aliphatic heterocycles.